The van der Waals surface area contributed by atoms with Crippen molar-refractivity contribution in [1.82, 2.24) is 15.2 Å². The molecule has 114 valence electrons. The van der Waals surface area contributed by atoms with Gasteiger partial charge < -0.3 is 15.3 Å². The molecule has 5 heteroatoms. The molecule has 2 aliphatic heterocycles. The van der Waals surface area contributed by atoms with E-state index in [0.29, 0.717) is 25.9 Å². The number of nitrogens with zero attached hydrogens (tertiary/aromatic N) is 2. The Morgan fingerprint density at radius 3 is 2.76 bits per heavy atom. The second kappa shape index (κ2) is 5.73. The second-order valence-corrected chi connectivity index (χ2v) is 6.23. The van der Waals surface area contributed by atoms with E-state index >= 15 is 0 Å². The maximum Gasteiger partial charge on any atom is 0.239 e. The third-order valence-corrected chi connectivity index (χ3v) is 4.65. The fourth-order valence-corrected chi connectivity index (χ4v) is 3.21. The Labute approximate surface area is 125 Å². The Morgan fingerprint density at radius 2 is 2.19 bits per heavy atom. The van der Waals surface area contributed by atoms with Crippen molar-refractivity contribution in [2.45, 2.75) is 44.2 Å². The van der Waals surface area contributed by atoms with Gasteiger partial charge in [0.25, 0.3) is 0 Å². The summed E-state index contributed by atoms with van der Waals surface area (Å²) in [6.45, 7) is 4.12. The number of aryl methyl sites for hydroxylation is 1. The van der Waals surface area contributed by atoms with E-state index in [-0.39, 0.29) is 11.9 Å². The quantitative estimate of drug-likeness (QED) is 0.851. The molecule has 2 aliphatic rings. The highest BCUT2D eigenvalue weighted by Gasteiger charge is 2.38. The molecule has 0 radical (unpaired) electrons. The minimum absolute atomic E-state index is 0.0197. The van der Waals surface area contributed by atoms with E-state index in [1.807, 2.05) is 24.0 Å². The molecule has 3 rings (SSSR count). The fourth-order valence-electron chi connectivity index (χ4n) is 3.21. The van der Waals surface area contributed by atoms with Crippen molar-refractivity contribution in [2.24, 2.45) is 0 Å². The van der Waals surface area contributed by atoms with E-state index in [2.05, 4.69) is 10.3 Å². The largest absolute Gasteiger partial charge is 0.383 e. The molecule has 0 spiro atoms. The Bertz CT molecular complexity index is 501. The monoisotopic (exact) mass is 289 g/mol. The summed E-state index contributed by atoms with van der Waals surface area (Å²) in [5.74, 6) is 0.186. The van der Waals surface area contributed by atoms with Crippen LogP contribution in [0.4, 0.5) is 0 Å². The van der Waals surface area contributed by atoms with Gasteiger partial charge in [-0.25, -0.2) is 0 Å². The first kappa shape index (κ1) is 14.5. The number of carbonyl (C=O) groups excluding carboxylic acids is 1. The van der Waals surface area contributed by atoms with Crippen LogP contribution in [0.1, 0.15) is 36.9 Å². The zero-order valence-electron chi connectivity index (χ0n) is 12.5. The summed E-state index contributed by atoms with van der Waals surface area (Å²) in [6.07, 6.45) is 4.90. The number of hydrogen-bond donors (Lipinski definition) is 2. The molecule has 5 nitrogen and oxygen atoms in total. The summed E-state index contributed by atoms with van der Waals surface area (Å²) in [5.41, 5.74) is 0.912. The average molecular weight is 289 g/mol. The van der Waals surface area contributed by atoms with Gasteiger partial charge >= 0.3 is 0 Å². The number of aromatic nitrogens is 1. The Hall–Kier alpha value is -1.46. The molecule has 21 heavy (non-hydrogen) atoms. The predicted octanol–water partition coefficient (Wildman–Crippen LogP) is 0.952. The Morgan fingerprint density at radius 1 is 1.43 bits per heavy atom. The van der Waals surface area contributed by atoms with Gasteiger partial charge in [-0.15, -0.1) is 0 Å². The Kier molecular flexibility index (Phi) is 3.95. The number of likely N-dealkylation sites (tertiary alicyclic amines) is 1. The predicted molar refractivity (Wildman–Crippen MR) is 79.7 cm³/mol. The van der Waals surface area contributed by atoms with Crippen LogP contribution in [0.2, 0.25) is 0 Å². The lowest BCUT2D eigenvalue weighted by atomic mass is 9.87. The van der Waals surface area contributed by atoms with Gasteiger partial charge in [-0.05, 0) is 50.8 Å². The maximum absolute atomic E-state index is 12.4. The molecule has 0 aromatic carbocycles. The molecular weight excluding hydrogens is 266 g/mol. The lowest BCUT2D eigenvalue weighted by Gasteiger charge is -2.38. The SMILES string of the molecule is Cc1ccc(C2(O)CCN(C(=O)[C@H]3CCCN3)CC2)nc1. The minimum atomic E-state index is -0.895. The van der Waals surface area contributed by atoms with Crippen LogP contribution < -0.4 is 5.32 Å². The molecule has 0 unspecified atom stereocenters. The van der Waals surface area contributed by atoms with E-state index in [9.17, 15) is 9.90 Å². The van der Waals surface area contributed by atoms with Crippen molar-refractivity contribution in [2.75, 3.05) is 19.6 Å². The molecule has 2 fully saturated rings. The van der Waals surface area contributed by atoms with Crippen molar-refractivity contribution in [3.05, 3.63) is 29.6 Å². The van der Waals surface area contributed by atoms with E-state index in [4.69, 9.17) is 0 Å². The number of hydrogen-bond acceptors (Lipinski definition) is 4. The number of carbonyl (C=O) groups is 1. The number of nitrogens with one attached hydrogen (secondary N) is 1. The molecule has 0 bridgehead atoms. The highest BCUT2D eigenvalue weighted by molar-refractivity contribution is 5.82. The summed E-state index contributed by atoms with van der Waals surface area (Å²) in [4.78, 5) is 18.6. The fraction of sp³-hybridized carbons (Fsp3) is 0.625. The average Bonchev–Trinajstić information content (AvgIpc) is 3.02. The number of aliphatic hydroxyl groups is 1. The van der Waals surface area contributed by atoms with Crippen molar-refractivity contribution in [1.29, 1.82) is 0 Å². The molecule has 1 aromatic rings. The van der Waals surface area contributed by atoms with Crippen molar-refractivity contribution in [3.8, 4) is 0 Å². The van der Waals surface area contributed by atoms with Gasteiger partial charge in [0.2, 0.25) is 5.91 Å². The van der Waals surface area contributed by atoms with Crippen molar-refractivity contribution in [3.63, 3.8) is 0 Å². The molecule has 1 amide bonds. The second-order valence-electron chi connectivity index (χ2n) is 6.23. The molecule has 2 N–H and O–H groups in total. The molecule has 0 saturated carbocycles. The first-order chi connectivity index (χ1) is 10.1. The van der Waals surface area contributed by atoms with Crippen LogP contribution in [-0.4, -0.2) is 46.6 Å². The highest BCUT2D eigenvalue weighted by Crippen LogP contribution is 2.32. The molecule has 2 saturated heterocycles. The zero-order chi connectivity index (χ0) is 14.9. The van der Waals surface area contributed by atoms with Gasteiger partial charge in [0.15, 0.2) is 0 Å². The smallest absolute Gasteiger partial charge is 0.239 e. The van der Waals surface area contributed by atoms with Crippen LogP contribution in [0, 0.1) is 6.92 Å². The van der Waals surface area contributed by atoms with Gasteiger partial charge in [-0.1, -0.05) is 6.07 Å². The van der Waals surface area contributed by atoms with Crippen LogP contribution >= 0.6 is 0 Å². The van der Waals surface area contributed by atoms with E-state index in [0.717, 1.165) is 30.6 Å². The van der Waals surface area contributed by atoms with Gasteiger partial charge in [-0.3, -0.25) is 9.78 Å². The maximum atomic E-state index is 12.4. The number of pyridine rings is 1. The summed E-state index contributed by atoms with van der Waals surface area (Å²) >= 11 is 0. The van der Waals surface area contributed by atoms with Gasteiger partial charge in [0.1, 0.15) is 5.60 Å². The summed E-state index contributed by atoms with van der Waals surface area (Å²) < 4.78 is 0. The first-order valence-corrected chi connectivity index (χ1v) is 7.76. The number of rotatable bonds is 2. The van der Waals surface area contributed by atoms with Crippen LogP contribution in [0.25, 0.3) is 0 Å². The molecule has 0 aliphatic carbocycles. The molecular formula is C16H23N3O2. The zero-order valence-corrected chi connectivity index (χ0v) is 12.5. The number of piperidine rings is 1. The summed E-state index contributed by atoms with van der Waals surface area (Å²) in [6, 6.07) is 3.85. The van der Waals surface area contributed by atoms with Gasteiger partial charge in [0, 0.05) is 19.3 Å². The third kappa shape index (κ3) is 2.94. The normalized spacial score (nSPS) is 25.0. The standard InChI is InChI=1S/C16H23N3O2/c1-12-4-5-14(18-11-12)16(21)6-9-19(10-7-16)15(20)13-3-2-8-17-13/h4-5,11,13,17,21H,2-3,6-10H2,1H3/t13-/m1/s1. The summed E-state index contributed by atoms with van der Waals surface area (Å²) in [7, 11) is 0. The number of amides is 1. The van der Waals surface area contributed by atoms with Crippen LogP contribution in [-0.2, 0) is 10.4 Å². The van der Waals surface area contributed by atoms with E-state index in [1.54, 1.807) is 6.20 Å². The minimum Gasteiger partial charge on any atom is -0.383 e. The van der Waals surface area contributed by atoms with Crippen LogP contribution in [0.3, 0.4) is 0 Å². The van der Waals surface area contributed by atoms with E-state index < -0.39 is 5.60 Å². The van der Waals surface area contributed by atoms with Gasteiger partial charge in [-0.2, -0.15) is 0 Å². The molecule has 1 aromatic heterocycles. The molecule has 3 heterocycles. The lowest BCUT2D eigenvalue weighted by molar-refractivity contribution is -0.137. The highest BCUT2D eigenvalue weighted by atomic mass is 16.3. The Balaban J connectivity index is 1.63. The lowest BCUT2D eigenvalue weighted by Crippen LogP contribution is -2.50. The molecule has 1 atom stereocenters. The van der Waals surface area contributed by atoms with Crippen LogP contribution in [0.5, 0.6) is 0 Å². The third-order valence-electron chi connectivity index (χ3n) is 4.65. The first-order valence-electron chi connectivity index (χ1n) is 7.76. The van der Waals surface area contributed by atoms with Crippen molar-refractivity contribution >= 4 is 5.91 Å². The van der Waals surface area contributed by atoms with E-state index in [1.165, 1.54) is 0 Å². The van der Waals surface area contributed by atoms with Crippen LogP contribution in [0.15, 0.2) is 18.3 Å². The van der Waals surface area contributed by atoms with Crippen molar-refractivity contribution < 1.29 is 9.90 Å². The topological polar surface area (TPSA) is 65.5 Å². The summed E-state index contributed by atoms with van der Waals surface area (Å²) in [5, 5.41) is 14.0. The van der Waals surface area contributed by atoms with Gasteiger partial charge in [0.05, 0.1) is 11.7 Å².